The first-order chi connectivity index (χ1) is 8.61. The van der Waals surface area contributed by atoms with Crippen LogP contribution in [0.4, 0.5) is 0 Å². The van der Waals surface area contributed by atoms with E-state index in [9.17, 15) is 0 Å². The summed E-state index contributed by atoms with van der Waals surface area (Å²) >= 11 is 12.1. The van der Waals surface area contributed by atoms with E-state index in [1.807, 2.05) is 18.2 Å². The molecule has 1 saturated carbocycles. The Morgan fingerprint density at radius 2 is 1.94 bits per heavy atom. The summed E-state index contributed by atoms with van der Waals surface area (Å²) in [5.74, 6) is 0. The van der Waals surface area contributed by atoms with E-state index in [0.29, 0.717) is 22.7 Å². The first-order valence-corrected chi connectivity index (χ1v) is 7.05. The molecule has 2 nitrogen and oxygen atoms in total. The van der Waals surface area contributed by atoms with E-state index in [1.165, 1.54) is 5.56 Å². The summed E-state index contributed by atoms with van der Waals surface area (Å²) in [4.78, 5) is 0. The maximum Gasteiger partial charge on any atom is 0.0595 e. The van der Waals surface area contributed by atoms with Crippen molar-refractivity contribution < 1.29 is 4.74 Å². The summed E-state index contributed by atoms with van der Waals surface area (Å²) in [7, 11) is 1.78. The van der Waals surface area contributed by atoms with Crippen molar-refractivity contribution in [1.29, 1.82) is 0 Å². The van der Waals surface area contributed by atoms with Crippen molar-refractivity contribution in [2.45, 2.75) is 37.2 Å². The minimum atomic E-state index is 0.0310. The highest BCUT2D eigenvalue weighted by molar-refractivity contribution is 6.42. The fourth-order valence-corrected chi connectivity index (χ4v) is 3.11. The lowest BCUT2D eigenvalue weighted by molar-refractivity contribution is 0.0498. The van der Waals surface area contributed by atoms with Crippen LogP contribution in [0.5, 0.6) is 0 Å². The number of halogens is 2. The second kappa shape index (κ2) is 5.79. The lowest BCUT2D eigenvalue weighted by Crippen LogP contribution is -2.40. The third-order valence-electron chi connectivity index (χ3n) is 4.15. The van der Waals surface area contributed by atoms with Crippen molar-refractivity contribution in [3.05, 3.63) is 33.8 Å². The average molecular weight is 288 g/mol. The summed E-state index contributed by atoms with van der Waals surface area (Å²) in [6.45, 7) is 0.640. The van der Waals surface area contributed by atoms with E-state index in [2.05, 4.69) is 0 Å². The van der Waals surface area contributed by atoms with Crippen LogP contribution in [-0.2, 0) is 10.2 Å². The molecule has 0 spiro atoms. The molecule has 1 aliphatic rings. The summed E-state index contributed by atoms with van der Waals surface area (Å²) < 4.78 is 5.42. The van der Waals surface area contributed by atoms with Crippen molar-refractivity contribution in [3.63, 3.8) is 0 Å². The van der Waals surface area contributed by atoms with Crippen LogP contribution in [0.2, 0.25) is 10.0 Å². The van der Waals surface area contributed by atoms with Crippen LogP contribution in [0.3, 0.4) is 0 Å². The third-order valence-corrected chi connectivity index (χ3v) is 4.88. The molecule has 1 aromatic rings. The SMILES string of the molecule is COC1CCC(CN)(c2ccc(Cl)c(Cl)c2)CC1. The Labute approximate surface area is 118 Å². The van der Waals surface area contributed by atoms with Gasteiger partial charge >= 0.3 is 0 Å². The van der Waals surface area contributed by atoms with Gasteiger partial charge in [0.1, 0.15) is 0 Å². The molecule has 4 heteroatoms. The molecule has 0 heterocycles. The van der Waals surface area contributed by atoms with Gasteiger partial charge in [-0.2, -0.15) is 0 Å². The second-order valence-electron chi connectivity index (χ2n) is 5.05. The van der Waals surface area contributed by atoms with Crippen LogP contribution in [0.1, 0.15) is 31.2 Å². The van der Waals surface area contributed by atoms with Gasteiger partial charge in [-0.1, -0.05) is 29.3 Å². The molecular weight excluding hydrogens is 269 g/mol. The van der Waals surface area contributed by atoms with Crippen molar-refractivity contribution >= 4 is 23.2 Å². The highest BCUT2D eigenvalue weighted by Crippen LogP contribution is 2.41. The van der Waals surface area contributed by atoms with Gasteiger partial charge < -0.3 is 10.5 Å². The Kier molecular flexibility index (Phi) is 4.54. The number of rotatable bonds is 3. The molecule has 0 bridgehead atoms. The Bertz CT molecular complexity index is 414. The van der Waals surface area contributed by atoms with Gasteiger partial charge in [-0.15, -0.1) is 0 Å². The van der Waals surface area contributed by atoms with Crippen LogP contribution in [0.15, 0.2) is 18.2 Å². The summed E-state index contributed by atoms with van der Waals surface area (Å²) in [6.07, 6.45) is 4.55. The molecular formula is C14H19Cl2NO. The predicted molar refractivity (Wildman–Crippen MR) is 76.5 cm³/mol. The standard InChI is InChI=1S/C14H19Cl2NO/c1-18-11-4-6-14(9-17,7-5-11)10-2-3-12(15)13(16)8-10/h2-3,8,11H,4-7,9,17H2,1H3. The van der Waals surface area contributed by atoms with Gasteiger partial charge in [0.05, 0.1) is 16.1 Å². The van der Waals surface area contributed by atoms with E-state index >= 15 is 0 Å². The normalized spacial score (nSPS) is 28.3. The number of ether oxygens (including phenoxy) is 1. The molecule has 0 saturated heterocycles. The molecule has 1 fully saturated rings. The maximum atomic E-state index is 6.11. The smallest absolute Gasteiger partial charge is 0.0595 e. The molecule has 0 unspecified atom stereocenters. The lowest BCUT2D eigenvalue weighted by Gasteiger charge is -2.39. The zero-order valence-electron chi connectivity index (χ0n) is 10.6. The van der Waals surface area contributed by atoms with E-state index in [4.69, 9.17) is 33.7 Å². The molecule has 0 radical (unpaired) electrons. The minimum Gasteiger partial charge on any atom is -0.381 e. The number of hydrogen-bond donors (Lipinski definition) is 1. The molecule has 2 rings (SSSR count). The maximum absolute atomic E-state index is 6.11. The van der Waals surface area contributed by atoms with E-state index in [-0.39, 0.29) is 5.41 Å². The Hall–Kier alpha value is -0.280. The van der Waals surface area contributed by atoms with Crippen LogP contribution >= 0.6 is 23.2 Å². The fraction of sp³-hybridized carbons (Fsp3) is 0.571. The third kappa shape index (κ3) is 2.67. The number of benzene rings is 1. The zero-order valence-corrected chi connectivity index (χ0v) is 12.1. The van der Waals surface area contributed by atoms with Crippen molar-refractivity contribution in [2.24, 2.45) is 5.73 Å². The van der Waals surface area contributed by atoms with Crippen LogP contribution in [0, 0.1) is 0 Å². The molecule has 0 atom stereocenters. The minimum absolute atomic E-state index is 0.0310. The highest BCUT2D eigenvalue weighted by atomic mass is 35.5. The predicted octanol–water partition coefficient (Wildman–Crippen LogP) is 3.78. The molecule has 0 amide bonds. The van der Waals surface area contributed by atoms with E-state index < -0.39 is 0 Å². The Morgan fingerprint density at radius 1 is 1.28 bits per heavy atom. The quantitative estimate of drug-likeness (QED) is 0.918. The number of nitrogens with two attached hydrogens (primary N) is 1. The van der Waals surface area contributed by atoms with Gasteiger partial charge in [0.2, 0.25) is 0 Å². The fourth-order valence-electron chi connectivity index (χ4n) is 2.82. The van der Waals surface area contributed by atoms with E-state index in [1.54, 1.807) is 7.11 Å². The van der Waals surface area contributed by atoms with Gasteiger partial charge in [0, 0.05) is 19.1 Å². The summed E-state index contributed by atoms with van der Waals surface area (Å²) in [5.41, 5.74) is 7.26. The molecule has 100 valence electrons. The van der Waals surface area contributed by atoms with Gasteiger partial charge in [-0.05, 0) is 43.4 Å². The molecule has 1 aromatic carbocycles. The second-order valence-corrected chi connectivity index (χ2v) is 5.86. The summed E-state index contributed by atoms with van der Waals surface area (Å²) in [6, 6.07) is 5.87. The van der Waals surface area contributed by atoms with Crippen molar-refractivity contribution in [2.75, 3.05) is 13.7 Å². The van der Waals surface area contributed by atoms with Gasteiger partial charge in [0.25, 0.3) is 0 Å². The van der Waals surface area contributed by atoms with Crippen LogP contribution < -0.4 is 5.73 Å². The number of hydrogen-bond acceptors (Lipinski definition) is 2. The molecule has 18 heavy (non-hydrogen) atoms. The monoisotopic (exact) mass is 287 g/mol. The topological polar surface area (TPSA) is 35.2 Å². The lowest BCUT2D eigenvalue weighted by atomic mass is 9.69. The van der Waals surface area contributed by atoms with Gasteiger partial charge in [-0.25, -0.2) is 0 Å². The van der Waals surface area contributed by atoms with Crippen molar-refractivity contribution in [3.8, 4) is 0 Å². The van der Waals surface area contributed by atoms with Crippen molar-refractivity contribution in [1.82, 2.24) is 0 Å². The highest BCUT2D eigenvalue weighted by Gasteiger charge is 2.36. The van der Waals surface area contributed by atoms with Gasteiger partial charge in [0.15, 0.2) is 0 Å². The zero-order chi connectivity index (χ0) is 13.2. The first kappa shape index (κ1) is 14.1. The molecule has 0 aromatic heterocycles. The molecule has 1 aliphatic carbocycles. The number of methoxy groups -OCH3 is 1. The Balaban J connectivity index is 2.25. The Morgan fingerprint density at radius 3 is 2.44 bits per heavy atom. The average Bonchev–Trinajstić information content (AvgIpc) is 2.42. The van der Waals surface area contributed by atoms with Crippen LogP contribution in [0.25, 0.3) is 0 Å². The first-order valence-electron chi connectivity index (χ1n) is 6.30. The molecule has 0 aliphatic heterocycles. The van der Waals surface area contributed by atoms with E-state index in [0.717, 1.165) is 25.7 Å². The van der Waals surface area contributed by atoms with Gasteiger partial charge in [-0.3, -0.25) is 0 Å². The largest absolute Gasteiger partial charge is 0.381 e. The van der Waals surface area contributed by atoms with Crippen LogP contribution in [-0.4, -0.2) is 19.8 Å². The molecule has 2 N–H and O–H groups in total. The summed E-state index contributed by atoms with van der Waals surface area (Å²) in [5, 5.41) is 1.20.